The highest BCUT2D eigenvalue weighted by atomic mass is 32.1. The van der Waals surface area contributed by atoms with Crippen LogP contribution in [0.1, 0.15) is 11.1 Å². The maximum Gasteiger partial charge on any atom is 0.268 e. The molecule has 0 unspecified atom stereocenters. The van der Waals surface area contributed by atoms with Crippen LogP contribution >= 0.6 is 11.3 Å². The van der Waals surface area contributed by atoms with Gasteiger partial charge in [-0.05, 0) is 37.1 Å². The lowest BCUT2D eigenvalue weighted by Gasteiger charge is -1.97. The van der Waals surface area contributed by atoms with E-state index in [4.69, 9.17) is 10.3 Å². The number of thiophene rings is 1. The van der Waals surface area contributed by atoms with Gasteiger partial charge < -0.3 is 10.3 Å². The Labute approximate surface area is 114 Å². The molecule has 0 aliphatic rings. The lowest BCUT2D eigenvalue weighted by molar-refractivity contribution is 0.433. The van der Waals surface area contributed by atoms with Crippen molar-refractivity contribution in [2.24, 2.45) is 0 Å². The van der Waals surface area contributed by atoms with Gasteiger partial charge >= 0.3 is 0 Å². The molecule has 0 bridgehead atoms. The van der Waals surface area contributed by atoms with E-state index >= 15 is 0 Å². The number of nitrogen functional groups attached to an aromatic ring is 1. The number of hydrogen-bond donors (Lipinski definition) is 1. The van der Waals surface area contributed by atoms with Crippen molar-refractivity contribution in [2.75, 3.05) is 5.73 Å². The first-order chi connectivity index (χ1) is 9.15. The number of rotatable bonds is 2. The maximum absolute atomic E-state index is 5.78. The van der Waals surface area contributed by atoms with Crippen LogP contribution in [0.15, 0.2) is 29.0 Å². The minimum Gasteiger partial charge on any atom is -0.391 e. The Hall–Kier alpha value is -2.21. The van der Waals surface area contributed by atoms with E-state index in [0.717, 1.165) is 26.6 Å². The standard InChI is InChI=1S/C13H12N4OS/c1-7-3-4-15-6-9(7)12-16-13(18-17-12)11-8(2)5-10(14)19-11/h3-6H,14H2,1-2H3. The summed E-state index contributed by atoms with van der Waals surface area (Å²) in [6, 6.07) is 3.82. The molecule has 19 heavy (non-hydrogen) atoms. The fourth-order valence-corrected chi connectivity index (χ4v) is 2.70. The summed E-state index contributed by atoms with van der Waals surface area (Å²) in [4.78, 5) is 9.42. The lowest BCUT2D eigenvalue weighted by atomic mass is 10.1. The maximum atomic E-state index is 5.78. The second kappa shape index (κ2) is 4.47. The molecule has 3 rings (SSSR count). The Bertz CT molecular complexity index is 732. The molecule has 0 amide bonds. The van der Waals surface area contributed by atoms with Crippen LogP contribution in [0.2, 0.25) is 0 Å². The second-order valence-electron chi connectivity index (χ2n) is 4.27. The molecule has 3 aromatic rings. The summed E-state index contributed by atoms with van der Waals surface area (Å²) in [5.41, 5.74) is 8.75. The van der Waals surface area contributed by atoms with Crippen LogP contribution in [0, 0.1) is 13.8 Å². The van der Waals surface area contributed by atoms with Gasteiger partial charge in [-0.2, -0.15) is 4.98 Å². The molecular weight excluding hydrogens is 260 g/mol. The van der Waals surface area contributed by atoms with Gasteiger partial charge in [-0.25, -0.2) is 0 Å². The number of pyridine rings is 1. The fraction of sp³-hybridized carbons (Fsp3) is 0.154. The van der Waals surface area contributed by atoms with E-state index in [9.17, 15) is 0 Å². The molecule has 0 aromatic carbocycles. The highest BCUT2D eigenvalue weighted by molar-refractivity contribution is 7.19. The first-order valence-corrected chi connectivity index (χ1v) is 6.58. The van der Waals surface area contributed by atoms with Gasteiger partial charge in [-0.1, -0.05) is 5.16 Å². The van der Waals surface area contributed by atoms with E-state index in [2.05, 4.69) is 15.1 Å². The van der Waals surface area contributed by atoms with E-state index in [1.807, 2.05) is 26.0 Å². The predicted molar refractivity (Wildman–Crippen MR) is 74.7 cm³/mol. The Kier molecular flexibility index (Phi) is 2.79. The molecule has 6 heteroatoms. The molecule has 0 atom stereocenters. The highest BCUT2D eigenvalue weighted by Gasteiger charge is 2.16. The second-order valence-corrected chi connectivity index (χ2v) is 5.36. The third-order valence-corrected chi connectivity index (χ3v) is 3.89. The number of nitrogens with zero attached hydrogens (tertiary/aromatic N) is 3. The summed E-state index contributed by atoms with van der Waals surface area (Å²) in [6.07, 6.45) is 3.48. The van der Waals surface area contributed by atoms with Gasteiger partial charge in [-0.15, -0.1) is 11.3 Å². The van der Waals surface area contributed by atoms with Crippen molar-refractivity contribution in [1.29, 1.82) is 0 Å². The van der Waals surface area contributed by atoms with Gasteiger partial charge in [0.2, 0.25) is 5.82 Å². The van der Waals surface area contributed by atoms with E-state index < -0.39 is 0 Å². The normalized spacial score (nSPS) is 10.8. The number of nitrogens with two attached hydrogens (primary N) is 1. The lowest BCUT2D eigenvalue weighted by Crippen LogP contribution is -1.86. The van der Waals surface area contributed by atoms with Crippen molar-refractivity contribution < 1.29 is 4.52 Å². The fourth-order valence-electron chi connectivity index (χ4n) is 1.84. The van der Waals surface area contributed by atoms with E-state index in [0.29, 0.717) is 11.7 Å². The Morgan fingerprint density at radius 3 is 2.79 bits per heavy atom. The molecule has 0 saturated heterocycles. The zero-order chi connectivity index (χ0) is 13.4. The third-order valence-electron chi connectivity index (χ3n) is 2.84. The SMILES string of the molecule is Cc1ccncc1-c1noc(-c2sc(N)cc2C)n1. The van der Waals surface area contributed by atoms with Crippen LogP contribution in [0.3, 0.4) is 0 Å². The van der Waals surface area contributed by atoms with Crippen LogP contribution in [-0.2, 0) is 0 Å². The summed E-state index contributed by atoms with van der Waals surface area (Å²) < 4.78 is 5.32. The monoisotopic (exact) mass is 272 g/mol. The number of aromatic nitrogens is 3. The van der Waals surface area contributed by atoms with Crippen LogP contribution in [-0.4, -0.2) is 15.1 Å². The van der Waals surface area contributed by atoms with Gasteiger partial charge in [0, 0.05) is 18.0 Å². The third kappa shape index (κ3) is 2.10. The molecule has 3 aromatic heterocycles. The van der Waals surface area contributed by atoms with Crippen molar-refractivity contribution in [2.45, 2.75) is 13.8 Å². The van der Waals surface area contributed by atoms with Crippen LogP contribution < -0.4 is 5.73 Å². The first kappa shape index (κ1) is 11.9. The smallest absolute Gasteiger partial charge is 0.268 e. The van der Waals surface area contributed by atoms with Gasteiger partial charge in [0.1, 0.15) is 0 Å². The van der Waals surface area contributed by atoms with Crippen molar-refractivity contribution in [3.63, 3.8) is 0 Å². The largest absolute Gasteiger partial charge is 0.391 e. The van der Waals surface area contributed by atoms with Crippen molar-refractivity contribution >= 4 is 16.3 Å². The summed E-state index contributed by atoms with van der Waals surface area (Å²) in [6.45, 7) is 3.96. The molecule has 5 nitrogen and oxygen atoms in total. The predicted octanol–water partition coefficient (Wildman–Crippen LogP) is 3.06. The Morgan fingerprint density at radius 1 is 1.26 bits per heavy atom. The number of hydrogen-bond acceptors (Lipinski definition) is 6. The zero-order valence-electron chi connectivity index (χ0n) is 10.5. The van der Waals surface area contributed by atoms with Crippen molar-refractivity contribution in [3.8, 4) is 22.2 Å². The van der Waals surface area contributed by atoms with Crippen LogP contribution in [0.5, 0.6) is 0 Å². The molecule has 0 radical (unpaired) electrons. The van der Waals surface area contributed by atoms with Gasteiger partial charge in [-0.3, -0.25) is 4.98 Å². The van der Waals surface area contributed by atoms with Crippen LogP contribution in [0.4, 0.5) is 5.00 Å². The molecule has 0 spiro atoms. The molecule has 0 fully saturated rings. The van der Waals surface area contributed by atoms with Crippen LogP contribution in [0.25, 0.3) is 22.2 Å². The molecule has 96 valence electrons. The van der Waals surface area contributed by atoms with Crippen molar-refractivity contribution in [1.82, 2.24) is 15.1 Å². The van der Waals surface area contributed by atoms with Crippen molar-refractivity contribution in [3.05, 3.63) is 35.7 Å². The highest BCUT2D eigenvalue weighted by Crippen LogP contribution is 2.33. The molecule has 3 heterocycles. The quantitative estimate of drug-likeness (QED) is 0.775. The molecule has 0 aliphatic carbocycles. The first-order valence-electron chi connectivity index (χ1n) is 5.76. The van der Waals surface area contributed by atoms with Gasteiger partial charge in [0.15, 0.2) is 0 Å². The molecule has 0 saturated carbocycles. The summed E-state index contributed by atoms with van der Waals surface area (Å²) in [5.74, 6) is 1.05. The van der Waals surface area contributed by atoms with Gasteiger partial charge in [0.25, 0.3) is 5.89 Å². The Balaban J connectivity index is 2.05. The average Bonchev–Trinajstić information content (AvgIpc) is 2.96. The molecule has 2 N–H and O–H groups in total. The zero-order valence-corrected chi connectivity index (χ0v) is 11.4. The summed E-state index contributed by atoms with van der Waals surface area (Å²) in [5, 5.41) is 4.75. The minimum absolute atomic E-state index is 0.498. The van der Waals surface area contributed by atoms with Gasteiger partial charge in [0.05, 0.1) is 9.88 Å². The van der Waals surface area contributed by atoms with E-state index in [-0.39, 0.29) is 0 Å². The topological polar surface area (TPSA) is 77.8 Å². The summed E-state index contributed by atoms with van der Waals surface area (Å²) in [7, 11) is 0. The number of anilines is 1. The minimum atomic E-state index is 0.498. The molecular formula is C13H12N4OS. The molecule has 0 aliphatic heterocycles. The average molecular weight is 272 g/mol. The Morgan fingerprint density at radius 2 is 2.11 bits per heavy atom. The van der Waals surface area contributed by atoms with E-state index in [1.54, 1.807) is 12.4 Å². The summed E-state index contributed by atoms with van der Waals surface area (Å²) >= 11 is 1.45. The van der Waals surface area contributed by atoms with E-state index in [1.165, 1.54) is 11.3 Å². The number of aryl methyl sites for hydroxylation is 2.